The first-order chi connectivity index (χ1) is 11.7. The van der Waals surface area contributed by atoms with Crippen molar-refractivity contribution in [3.05, 3.63) is 72.0 Å². The topological polar surface area (TPSA) is 61.3 Å². The third kappa shape index (κ3) is 3.38. The first kappa shape index (κ1) is 15.6. The van der Waals surface area contributed by atoms with E-state index in [1.54, 1.807) is 42.5 Å². The number of para-hydroxylation sites is 1. The van der Waals surface area contributed by atoms with Crippen LogP contribution in [-0.2, 0) is 0 Å². The minimum absolute atomic E-state index is 0.0665. The maximum absolute atomic E-state index is 12.9. The Labute approximate surface area is 137 Å². The van der Waals surface area contributed by atoms with Crippen molar-refractivity contribution in [3.63, 3.8) is 0 Å². The number of esters is 1. The van der Waals surface area contributed by atoms with Gasteiger partial charge in [0.25, 0.3) is 0 Å². The van der Waals surface area contributed by atoms with Crippen molar-refractivity contribution in [2.24, 2.45) is 0 Å². The number of rotatable bonds is 4. The van der Waals surface area contributed by atoms with Crippen molar-refractivity contribution in [1.82, 2.24) is 10.2 Å². The van der Waals surface area contributed by atoms with Crippen molar-refractivity contribution in [2.45, 2.75) is 0 Å². The van der Waals surface area contributed by atoms with E-state index in [-0.39, 0.29) is 11.7 Å². The monoisotopic (exact) mass is 324 g/mol. The quantitative estimate of drug-likeness (QED) is 0.687. The van der Waals surface area contributed by atoms with Gasteiger partial charge >= 0.3 is 5.97 Å². The number of methoxy groups -OCH3 is 1. The van der Waals surface area contributed by atoms with Gasteiger partial charge in [0.15, 0.2) is 0 Å². The van der Waals surface area contributed by atoms with Gasteiger partial charge in [0.2, 0.25) is 5.88 Å². The van der Waals surface area contributed by atoms with Crippen molar-refractivity contribution < 1.29 is 18.7 Å². The van der Waals surface area contributed by atoms with Gasteiger partial charge in [-0.05, 0) is 42.5 Å². The van der Waals surface area contributed by atoms with E-state index >= 15 is 0 Å². The standard InChI is InChI=1S/C18H13FN2O3/c1-23-16-5-3-2-4-14(16)18(22)24-17-11-10-15(20-21-17)12-6-8-13(19)9-7-12/h2-11H,1H3. The van der Waals surface area contributed by atoms with E-state index < -0.39 is 5.97 Å². The summed E-state index contributed by atoms with van der Waals surface area (Å²) in [5, 5.41) is 7.86. The van der Waals surface area contributed by atoms with E-state index in [2.05, 4.69) is 10.2 Å². The zero-order valence-electron chi connectivity index (χ0n) is 12.8. The van der Waals surface area contributed by atoms with Gasteiger partial charge < -0.3 is 9.47 Å². The normalized spacial score (nSPS) is 10.2. The van der Waals surface area contributed by atoms with Gasteiger partial charge in [-0.3, -0.25) is 0 Å². The predicted octanol–water partition coefficient (Wildman–Crippen LogP) is 3.51. The van der Waals surface area contributed by atoms with Crippen LogP contribution in [0.5, 0.6) is 11.6 Å². The molecule has 0 aliphatic rings. The molecule has 0 unspecified atom stereocenters. The summed E-state index contributed by atoms with van der Waals surface area (Å²) in [7, 11) is 1.48. The Kier molecular flexibility index (Phi) is 4.47. The first-order valence-electron chi connectivity index (χ1n) is 7.12. The Morgan fingerprint density at radius 1 is 0.958 bits per heavy atom. The van der Waals surface area contributed by atoms with Crippen molar-refractivity contribution in [2.75, 3.05) is 7.11 Å². The SMILES string of the molecule is COc1ccccc1C(=O)Oc1ccc(-c2ccc(F)cc2)nn1. The molecule has 0 fully saturated rings. The van der Waals surface area contributed by atoms with Crippen LogP contribution in [0, 0.1) is 5.82 Å². The molecule has 5 nitrogen and oxygen atoms in total. The van der Waals surface area contributed by atoms with Crippen LogP contribution in [0.4, 0.5) is 4.39 Å². The van der Waals surface area contributed by atoms with Crippen LogP contribution in [0.3, 0.4) is 0 Å². The van der Waals surface area contributed by atoms with E-state index in [0.29, 0.717) is 22.6 Å². The van der Waals surface area contributed by atoms with Gasteiger partial charge in [0, 0.05) is 11.6 Å². The molecule has 24 heavy (non-hydrogen) atoms. The molecule has 6 heteroatoms. The molecule has 2 aromatic carbocycles. The van der Waals surface area contributed by atoms with E-state index in [0.717, 1.165) is 0 Å². The summed E-state index contributed by atoms with van der Waals surface area (Å²) in [5.74, 6) is -0.430. The van der Waals surface area contributed by atoms with Gasteiger partial charge in [-0.25, -0.2) is 9.18 Å². The summed E-state index contributed by atoms with van der Waals surface area (Å²) in [6.45, 7) is 0. The van der Waals surface area contributed by atoms with Gasteiger partial charge in [-0.2, -0.15) is 0 Å². The number of hydrogen-bond donors (Lipinski definition) is 0. The second-order valence-corrected chi connectivity index (χ2v) is 4.85. The number of ether oxygens (including phenoxy) is 2. The Morgan fingerprint density at radius 3 is 2.38 bits per heavy atom. The van der Waals surface area contributed by atoms with Crippen LogP contribution in [0.1, 0.15) is 10.4 Å². The molecule has 0 aliphatic heterocycles. The Morgan fingerprint density at radius 2 is 1.71 bits per heavy atom. The second kappa shape index (κ2) is 6.87. The number of carbonyl (C=O) groups excluding carboxylic acids is 1. The molecule has 0 atom stereocenters. The lowest BCUT2D eigenvalue weighted by molar-refractivity contribution is 0.0722. The second-order valence-electron chi connectivity index (χ2n) is 4.85. The van der Waals surface area contributed by atoms with E-state index in [9.17, 15) is 9.18 Å². The van der Waals surface area contributed by atoms with Crippen LogP contribution in [0.15, 0.2) is 60.7 Å². The largest absolute Gasteiger partial charge is 0.496 e. The van der Waals surface area contributed by atoms with Gasteiger partial charge in [0.1, 0.15) is 17.1 Å². The van der Waals surface area contributed by atoms with Crippen LogP contribution in [0.2, 0.25) is 0 Å². The lowest BCUT2D eigenvalue weighted by Gasteiger charge is -2.07. The highest BCUT2D eigenvalue weighted by Gasteiger charge is 2.15. The molecule has 0 N–H and O–H groups in total. The molecule has 3 rings (SSSR count). The highest BCUT2D eigenvalue weighted by Crippen LogP contribution is 2.21. The lowest BCUT2D eigenvalue weighted by Crippen LogP contribution is -2.11. The molecule has 0 spiro atoms. The van der Waals surface area contributed by atoms with Crippen LogP contribution in [0.25, 0.3) is 11.3 Å². The molecule has 1 aromatic heterocycles. The number of nitrogens with zero attached hydrogens (tertiary/aromatic N) is 2. The molecular formula is C18H13FN2O3. The van der Waals surface area contributed by atoms with E-state index in [4.69, 9.17) is 9.47 Å². The van der Waals surface area contributed by atoms with E-state index in [1.807, 2.05) is 0 Å². The number of hydrogen-bond acceptors (Lipinski definition) is 5. The molecular weight excluding hydrogens is 311 g/mol. The molecule has 0 aliphatic carbocycles. The maximum Gasteiger partial charge on any atom is 0.348 e. The average molecular weight is 324 g/mol. The molecule has 120 valence electrons. The Hall–Kier alpha value is -3.28. The zero-order valence-corrected chi connectivity index (χ0v) is 12.8. The fraction of sp³-hybridized carbons (Fsp3) is 0.0556. The smallest absolute Gasteiger partial charge is 0.348 e. The number of aromatic nitrogens is 2. The number of benzene rings is 2. The fourth-order valence-electron chi connectivity index (χ4n) is 2.11. The third-order valence-corrected chi connectivity index (χ3v) is 3.30. The lowest BCUT2D eigenvalue weighted by atomic mass is 10.1. The highest BCUT2D eigenvalue weighted by molar-refractivity contribution is 5.93. The molecule has 0 amide bonds. The van der Waals surface area contributed by atoms with Gasteiger partial charge in [0.05, 0.1) is 12.8 Å². The van der Waals surface area contributed by atoms with Gasteiger partial charge in [-0.1, -0.05) is 12.1 Å². The summed E-state index contributed by atoms with van der Waals surface area (Å²) in [6.07, 6.45) is 0. The molecule has 0 saturated heterocycles. The summed E-state index contributed by atoms with van der Waals surface area (Å²) in [4.78, 5) is 12.2. The number of halogens is 1. The summed E-state index contributed by atoms with van der Waals surface area (Å²) in [6, 6.07) is 15.8. The van der Waals surface area contributed by atoms with Gasteiger partial charge in [-0.15, -0.1) is 10.2 Å². The van der Waals surface area contributed by atoms with Crippen molar-refractivity contribution >= 4 is 5.97 Å². The minimum Gasteiger partial charge on any atom is -0.496 e. The molecule has 3 aromatic rings. The van der Waals surface area contributed by atoms with Crippen molar-refractivity contribution in [3.8, 4) is 22.9 Å². The molecule has 0 saturated carbocycles. The average Bonchev–Trinajstić information content (AvgIpc) is 2.63. The van der Waals surface area contributed by atoms with Crippen molar-refractivity contribution in [1.29, 1.82) is 0 Å². The van der Waals surface area contributed by atoms with Crippen LogP contribution in [-0.4, -0.2) is 23.3 Å². The van der Waals surface area contributed by atoms with Crippen LogP contribution >= 0.6 is 0 Å². The Balaban J connectivity index is 1.76. The predicted molar refractivity (Wildman–Crippen MR) is 85.4 cm³/mol. The zero-order chi connectivity index (χ0) is 16.9. The summed E-state index contributed by atoms with van der Waals surface area (Å²) in [5.41, 5.74) is 1.56. The van der Waals surface area contributed by atoms with E-state index in [1.165, 1.54) is 25.3 Å². The minimum atomic E-state index is -0.587. The number of carbonyl (C=O) groups is 1. The first-order valence-corrected chi connectivity index (χ1v) is 7.12. The molecule has 0 radical (unpaired) electrons. The summed E-state index contributed by atoms with van der Waals surface area (Å²) >= 11 is 0. The molecule has 1 heterocycles. The maximum atomic E-state index is 12.9. The summed E-state index contributed by atoms with van der Waals surface area (Å²) < 4.78 is 23.3. The Bertz CT molecular complexity index is 849. The fourth-order valence-corrected chi connectivity index (χ4v) is 2.11. The molecule has 0 bridgehead atoms. The third-order valence-electron chi connectivity index (χ3n) is 3.30. The van der Waals surface area contributed by atoms with Crippen LogP contribution < -0.4 is 9.47 Å². The highest BCUT2D eigenvalue weighted by atomic mass is 19.1.